The highest BCUT2D eigenvalue weighted by Gasteiger charge is 2.18. The van der Waals surface area contributed by atoms with Gasteiger partial charge in [0, 0.05) is 0 Å². The Morgan fingerprint density at radius 3 is 2.89 bits per heavy atom. The van der Waals surface area contributed by atoms with Gasteiger partial charge in [0.15, 0.2) is 0 Å². The molecule has 2 heterocycles. The summed E-state index contributed by atoms with van der Waals surface area (Å²) in [5.74, 6) is 0. The molecule has 96 valence electrons. The zero-order chi connectivity index (χ0) is 12.8. The van der Waals surface area contributed by atoms with Crippen molar-refractivity contribution in [3.05, 3.63) is 41.5 Å². The Balaban J connectivity index is 2.18. The molecule has 2 aromatic heterocycles. The van der Waals surface area contributed by atoms with Gasteiger partial charge in [-0.3, -0.25) is 4.40 Å². The van der Waals surface area contributed by atoms with Crippen LogP contribution in [0.1, 0.15) is 24.0 Å². The van der Waals surface area contributed by atoms with Crippen LogP contribution >= 0.6 is 11.8 Å². The topological polar surface area (TPSA) is 17.3 Å². The maximum Gasteiger partial charge on any atom is 0.139 e. The first-order valence-electron chi connectivity index (χ1n) is 6.84. The van der Waals surface area contributed by atoms with Crippen LogP contribution in [0.5, 0.6) is 0 Å². The summed E-state index contributed by atoms with van der Waals surface area (Å²) in [5, 5.41) is 1.39. The Bertz CT molecular complexity index is 773. The fourth-order valence-electron chi connectivity index (χ4n) is 3.19. The van der Waals surface area contributed by atoms with E-state index >= 15 is 0 Å². The number of fused-ring (bicyclic) bond motifs is 4. The summed E-state index contributed by atoms with van der Waals surface area (Å²) in [4.78, 5) is 4.78. The lowest BCUT2D eigenvalue weighted by Crippen LogP contribution is -2.07. The zero-order valence-corrected chi connectivity index (χ0v) is 11.8. The van der Waals surface area contributed by atoms with Crippen LogP contribution < -0.4 is 0 Å². The van der Waals surface area contributed by atoms with Gasteiger partial charge in [-0.2, -0.15) is 0 Å². The van der Waals surface area contributed by atoms with E-state index < -0.39 is 0 Å². The van der Waals surface area contributed by atoms with Crippen molar-refractivity contribution < 1.29 is 0 Å². The number of pyridine rings is 1. The Morgan fingerprint density at radius 2 is 2.00 bits per heavy atom. The number of benzene rings is 1. The minimum absolute atomic E-state index is 1.10. The van der Waals surface area contributed by atoms with E-state index in [-0.39, 0.29) is 0 Å². The third-order valence-corrected chi connectivity index (χ3v) is 4.87. The predicted octanol–water partition coefficient (Wildman–Crippen LogP) is 4.09. The van der Waals surface area contributed by atoms with Crippen LogP contribution in [-0.4, -0.2) is 15.6 Å². The number of para-hydroxylation sites is 2. The lowest BCUT2D eigenvalue weighted by Gasteiger charge is -2.20. The number of aryl methyl sites for hydroxylation is 1. The van der Waals surface area contributed by atoms with Crippen molar-refractivity contribution in [1.29, 1.82) is 0 Å². The summed E-state index contributed by atoms with van der Waals surface area (Å²) < 4.78 is 2.34. The molecule has 0 atom stereocenters. The second-order valence-electron chi connectivity index (χ2n) is 5.16. The van der Waals surface area contributed by atoms with Gasteiger partial charge in [-0.1, -0.05) is 12.1 Å². The van der Waals surface area contributed by atoms with Crippen LogP contribution in [0.3, 0.4) is 0 Å². The molecule has 0 saturated carbocycles. The fourth-order valence-corrected chi connectivity index (χ4v) is 4.05. The van der Waals surface area contributed by atoms with E-state index in [4.69, 9.17) is 4.98 Å². The molecule has 0 N–H and O–H groups in total. The van der Waals surface area contributed by atoms with E-state index in [0.717, 1.165) is 11.2 Å². The molecule has 1 aliphatic carbocycles. The van der Waals surface area contributed by atoms with Crippen LogP contribution in [0, 0.1) is 0 Å². The maximum absolute atomic E-state index is 4.78. The van der Waals surface area contributed by atoms with Crippen molar-refractivity contribution in [2.75, 3.05) is 6.26 Å². The smallest absolute Gasteiger partial charge is 0.139 e. The molecule has 0 saturated heterocycles. The van der Waals surface area contributed by atoms with E-state index in [9.17, 15) is 0 Å². The van der Waals surface area contributed by atoms with Gasteiger partial charge in [0.2, 0.25) is 0 Å². The first-order chi connectivity index (χ1) is 9.38. The van der Waals surface area contributed by atoms with Crippen LogP contribution in [-0.2, 0) is 12.8 Å². The first kappa shape index (κ1) is 11.4. The highest BCUT2D eigenvalue weighted by Crippen LogP contribution is 2.33. The highest BCUT2D eigenvalue weighted by molar-refractivity contribution is 7.98. The van der Waals surface area contributed by atoms with Gasteiger partial charge in [0.1, 0.15) is 5.65 Å². The lowest BCUT2D eigenvalue weighted by molar-refractivity contribution is 0.666. The number of imidazole rings is 1. The molecule has 3 aromatic rings. The van der Waals surface area contributed by atoms with Crippen LogP contribution in [0.4, 0.5) is 0 Å². The second kappa shape index (κ2) is 4.27. The molecule has 1 aromatic carbocycles. The predicted molar refractivity (Wildman–Crippen MR) is 81.1 cm³/mol. The lowest BCUT2D eigenvalue weighted by atomic mass is 9.93. The molecule has 19 heavy (non-hydrogen) atoms. The average molecular weight is 268 g/mol. The quantitative estimate of drug-likeness (QED) is 0.618. The van der Waals surface area contributed by atoms with E-state index in [1.165, 1.54) is 41.8 Å². The van der Waals surface area contributed by atoms with Crippen molar-refractivity contribution >= 4 is 28.4 Å². The minimum atomic E-state index is 1.10. The standard InChI is InChI=1S/C16H16N2S/c1-19-16-12-7-3-2-6-11(12)10-15-17-13-8-4-5-9-14(13)18(15)16/h4-5,8-10H,2-3,6-7H2,1H3. The number of hydrogen-bond acceptors (Lipinski definition) is 2. The number of rotatable bonds is 1. The monoisotopic (exact) mass is 268 g/mol. The van der Waals surface area contributed by atoms with Crippen molar-refractivity contribution in [2.45, 2.75) is 30.7 Å². The third kappa shape index (κ3) is 1.61. The van der Waals surface area contributed by atoms with Gasteiger partial charge < -0.3 is 0 Å². The van der Waals surface area contributed by atoms with E-state index in [1.807, 2.05) is 11.8 Å². The Morgan fingerprint density at radius 1 is 1.16 bits per heavy atom. The molecular weight excluding hydrogens is 252 g/mol. The molecule has 2 nitrogen and oxygen atoms in total. The van der Waals surface area contributed by atoms with Crippen molar-refractivity contribution in [3.8, 4) is 0 Å². The molecule has 0 bridgehead atoms. The minimum Gasteiger partial charge on any atom is -0.287 e. The largest absolute Gasteiger partial charge is 0.287 e. The summed E-state index contributed by atoms with van der Waals surface area (Å²) in [6.45, 7) is 0. The molecule has 0 fully saturated rings. The number of nitrogens with zero attached hydrogens (tertiary/aromatic N) is 2. The Kier molecular flexibility index (Phi) is 2.55. The van der Waals surface area contributed by atoms with Gasteiger partial charge >= 0.3 is 0 Å². The van der Waals surface area contributed by atoms with E-state index in [1.54, 1.807) is 5.56 Å². The summed E-state index contributed by atoms with van der Waals surface area (Å²) in [6, 6.07) is 10.7. The molecule has 0 amide bonds. The summed E-state index contributed by atoms with van der Waals surface area (Å²) in [5.41, 5.74) is 6.49. The van der Waals surface area contributed by atoms with Crippen molar-refractivity contribution in [1.82, 2.24) is 9.38 Å². The molecule has 1 aliphatic rings. The van der Waals surface area contributed by atoms with Gasteiger partial charge in [-0.15, -0.1) is 11.8 Å². The van der Waals surface area contributed by atoms with Gasteiger partial charge in [-0.05, 0) is 61.3 Å². The fraction of sp³-hybridized carbons (Fsp3) is 0.312. The molecule has 0 unspecified atom stereocenters. The Hall–Kier alpha value is -1.48. The SMILES string of the molecule is CSc1c2c(cc3nc4ccccc4n13)CCCC2. The second-order valence-corrected chi connectivity index (χ2v) is 5.95. The molecule has 0 spiro atoms. The van der Waals surface area contributed by atoms with Crippen LogP contribution in [0.2, 0.25) is 0 Å². The summed E-state index contributed by atoms with van der Waals surface area (Å²) in [6.07, 6.45) is 7.24. The zero-order valence-electron chi connectivity index (χ0n) is 11.0. The van der Waals surface area contributed by atoms with Gasteiger partial charge in [-0.25, -0.2) is 4.98 Å². The van der Waals surface area contributed by atoms with Crippen LogP contribution in [0.25, 0.3) is 16.7 Å². The summed E-state index contributed by atoms with van der Waals surface area (Å²) >= 11 is 1.86. The van der Waals surface area contributed by atoms with Gasteiger partial charge in [0.05, 0.1) is 16.1 Å². The molecule has 0 aliphatic heterocycles. The third-order valence-electron chi connectivity index (χ3n) is 4.06. The maximum atomic E-state index is 4.78. The normalized spacial score (nSPS) is 15.0. The highest BCUT2D eigenvalue weighted by atomic mass is 32.2. The molecular formula is C16H16N2S. The number of hydrogen-bond donors (Lipinski definition) is 0. The van der Waals surface area contributed by atoms with E-state index in [2.05, 4.69) is 41.0 Å². The number of aromatic nitrogens is 2. The molecule has 4 rings (SSSR count). The van der Waals surface area contributed by atoms with Crippen molar-refractivity contribution in [2.24, 2.45) is 0 Å². The molecule has 0 radical (unpaired) electrons. The van der Waals surface area contributed by atoms with Crippen molar-refractivity contribution in [3.63, 3.8) is 0 Å². The van der Waals surface area contributed by atoms with Crippen LogP contribution in [0.15, 0.2) is 35.4 Å². The number of thioether (sulfide) groups is 1. The summed E-state index contributed by atoms with van der Waals surface area (Å²) in [7, 11) is 0. The average Bonchev–Trinajstić information content (AvgIpc) is 2.82. The van der Waals surface area contributed by atoms with E-state index in [0.29, 0.717) is 0 Å². The molecule has 3 heteroatoms. The Labute approximate surface area is 116 Å². The van der Waals surface area contributed by atoms with Gasteiger partial charge in [0.25, 0.3) is 0 Å². The first-order valence-corrected chi connectivity index (χ1v) is 8.07.